The van der Waals surface area contributed by atoms with E-state index in [9.17, 15) is 4.79 Å². The van der Waals surface area contributed by atoms with Crippen molar-refractivity contribution >= 4 is 34.7 Å². The van der Waals surface area contributed by atoms with Gasteiger partial charge in [0.05, 0.1) is 10.7 Å². The van der Waals surface area contributed by atoms with Crippen LogP contribution < -0.4 is 16.4 Å². The van der Waals surface area contributed by atoms with E-state index in [1.54, 1.807) is 36.4 Å². The van der Waals surface area contributed by atoms with Crippen LogP contribution in [0.5, 0.6) is 0 Å². The third kappa shape index (κ3) is 3.39. The van der Waals surface area contributed by atoms with Gasteiger partial charge in [0.15, 0.2) is 0 Å². The largest absolute Gasteiger partial charge is 0.399 e. The maximum Gasteiger partial charge on any atom is 0.323 e. The van der Waals surface area contributed by atoms with Crippen molar-refractivity contribution in [2.45, 2.75) is 6.92 Å². The zero-order valence-electron chi connectivity index (χ0n) is 10.4. The summed E-state index contributed by atoms with van der Waals surface area (Å²) in [7, 11) is 0. The molecule has 0 spiro atoms. The van der Waals surface area contributed by atoms with Crippen LogP contribution in [0, 0.1) is 6.92 Å². The number of nitrogens with two attached hydrogens (primary N) is 1. The Balaban J connectivity index is 2.05. The first kappa shape index (κ1) is 13.2. The number of benzene rings is 2. The minimum atomic E-state index is -0.350. The molecule has 0 heterocycles. The van der Waals surface area contributed by atoms with E-state index >= 15 is 0 Å². The summed E-state index contributed by atoms with van der Waals surface area (Å²) in [4.78, 5) is 11.8. The van der Waals surface area contributed by atoms with Gasteiger partial charge in [0, 0.05) is 11.4 Å². The summed E-state index contributed by atoms with van der Waals surface area (Å²) in [6.07, 6.45) is 0. The van der Waals surface area contributed by atoms with E-state index in [0.29, 0.717) is 22.1 Å². The maximum atomic E-state index is 11.8. The number of nitrogen functional groups attached to an aromatic ring is 1. The van der Waals surface area contributed by atoms with E-state index in [-0.39, 0.29) is 6.03 Å². The van der Waals surface area contributed by atoms with Gasteiger partial charge in [-0.25, -0.2) is 4.79 Å². The van der Waals surface area contributed by atoms with Crippen LogP contribution >= 0.6 is 11.6 Å². The van der Waals surface area contributed by atoms with Gasteiger partial charge in [-0.1, -0.05) is 23.7 Å². The van der Waals surface area contributed by atoms with Gasteiger partial charge < -0.3 is 16.4 Å². The first-order valence-electron chi connectivity index (χ1n) is 5.75. The van der Waals surface area contributed by atoms with E-state index in [1.807, 2.05) is 13.0 Å². The normalized spacial score (nSPS) is 10.0. The quantitative estimate of drug-likeness (QED) is 0.728. The third-order valence-corrected chi connectivity index (χ3v) is 2.98. The van der Waals surface area contributed by atoms with E-state index < -0.39 is 0 Å². The lowest BCUT2D eigenvalue weighted by Crippen LogP contribution is -2.19. The topological polar surface area (TPSA) is 67.2 Å². The number of aryl methyl sites for hydroxylation is 1. The highest BCUT2D eigenvalue weighted by Gasteiger charge is 2.05. The number of hydrogen-bond donors (Lipinski definition) is 3. The van der Waals surface area contributed by atoms with Gasteiger partial charge in [-0.15, -0.1) is 0 Å². The Kier molecular flexibility index (Phi) is 3.92. The van der Waals surface area contributed by atoms with E-state index in [4.69, 9.17) is 17.3 Å². The lowest BCUT2D eigenvalue weighted by molar-refractivity contribution is 0.262. The standard InChI is InChI=1S/C14H14ClN3O/c1-9-8-10(6-7-12(9)16)17-14(19)18-13-5-3-2-4-11(13)15/h2-8H,16H2,1H3,(H2,17,18,19). The number of carbonyl (C=O) groups is 1. The average Bonchev–Trinajstić information content (AvgIpc) is 2.37. The van der Waals surface area contributed by atoms with Crippen molar-refractivity contribution in [3.8, 4) is 0 Å². The number of hydrogen-bond acceptors (Lipinski definition) is 2. The van der Waals surface area contributed by atoms with Crippen LogP contribution in [0.15, 0.2) is 42.5 Å². The highest BCUT2D eigenvalue weighted by Crippen LogP contribution is 2.21. The molecular formula is C14H14ClN3O. The molecular weight excluding hydrogens is 262 g/mol. The number of amides is 2. The van der Waals surface area contributed by atoms with Crippen LogP contribution in [-0.4, -0.2) is 6.03 Å². The predicted molar refractivity (Wildman–Crippen MR) is 79.7 cm³/mol. The second kappa shape index (κ2) is 5.63. The summed E-state index contributed by atoms with van der Waals surface area (Å²) in [6.45, 7) is 1.88. The highest BCUT2D eigenvalue weighted by atomic mass is 35.5. The zero-order valence-corrected chi connectivity index (χ0v) is 11.2. The monoisotopic (exact) mass is 275 g/mol. The SMILES string of the molecule is Cc1cc(NC(=O)Nc2ccccc2Cl)ccc1N. The Labute approximate surface area is 116 Å². The Morgan fingerprint density at radius 2 is 1.89 bits per heavy atom. The van der Waals surface area contributed by atoms with E-state index in [1.165, 1.54) is 0 Å². The Hall–Kier alpha value is -2.20. The van der Waals surface area contributed by atoms with Crippen molar-refractivity contribution in [2.75, 3.05) is 16.4 Å². The lowest BCUT2D eigenvalue weighted by Gasteiger charge is -2.10. The molecule has 0 atom stereocenters. The fraction of sp³-hybridized carbons (Fsp3) is 0.0714. The number of para-hydroxylation sites is 1. The van der Waals surface area contributed by atoms with Crippen LogP contribution in [-0.2, 0) is 0 Å². The molecule has 0 radical (unpaired) electrons. The fourth-order valence-corrected chi connectivity index (χ4v) is 1.78. The van der Waals surface area contributed by atoms with Crippen LogP contribution in [0.1, 0.15) is 5.56 Å². The molecule has 98 valence electrons. The molecule has 2 aromatic carbocycles. The predicted octanol–water partition coefficient (Wildman–Crippen LogP) is 3.87. The number of carbonyl (C=O) groups excluding carboxylic acids is 1. The van der Waals surface area contributed by atoms with Gasteiger partial charge in [-0.3, -0.25) is 0 Å². The second-order valence-corrected chi connectivity index (χ2v) is 4.54. The summed E-state index contributed by atoms with van der Waals surface area (Å²) in [6, 6.07) is 12.0. The van der Waals surface area contributed by atoms with Gasteiger partial charge in [-0.2, -0.15) is 0 Å². The molecule has 0 unspecified atom stereocenters. The van der Waals surface area contributed by atoms with Crippen LogP contribution in [0.4, 0.5) is 21.9 Å². The maximum absolute atomic E-state index is 11.8. The first-order chi connectivity index (χ1) is 9.06. The second-order valence-electron chi connectivity index (χ2n) is 4.13. The van der Waals surface area contributed by atoms with Gasteiger partial charge in [0.2, 0.25) is 0 Å². The Morgan fingerprint density at radius 1 is 1.16 bits per heavy atom. The molecule has 0 aliphatic rings. The molecule has 2 amide bonds. The summed E-state index contributed by atoms with van der Waals surface area (Å²) in [5.74, 6) is 0. The minimum Gasteiger partial charge on any atom is -0.399 e. The smallest absolute Gasteiger partial charge is 0.323 e. The molecule has 0 aliphatic carbocycles. The van der Waals surface area contributed by atoms with Crippen molar-refractivity contribution in [1.82, 2.24) is 0 Å². The summed E-state index contributed by atoms with van der Waals surface area (Å²) >= 11 is 5.96. The number of rotatable bonds is 2. The van der Waals surface area contributed by atoms with Gasteiger partial charge in [0.25, 0.3) is 0 Å². The molecule has 0 saturated heterocycles. The number of urea groups is 1. The van der Waals surface area contributed by atoms with Gasteiger partial charge in [-0.05, 0) is 42.8 Å². The van der Waals surface area contributed by atoms with Crippen LogP contribution in [0.3, 0.4) is 0 Å². The molecule has 0 saturated carbocycles. The average molecular weight is 276 g/mol. The van der Waals surface area contributed by atoms with Crippen LogP contribution in [0.2, 0.25) is 5.02 Å². The molecule has 0 bridgehead atoms. The van der Waals surface area contributed by atoms with Gasteiger partial charge >= 0.3 is 6.03 Å². The van der Waals surface area contributed by atoms with Crippen molar-refractivity contribution in [2.24, 2.45) is 0 Å². The summed E-state index contributed by atoms with van der Waals surface area (Å²) in [5.41, 5.74) is 8.56. The van der Waals surface area contributed by atoms with Crippen molar-refractivity contribution in [3.05, 3.63) is 53.1 Å². The van der Waals surface area contributed by atoms with E-state index in [2.05, 4.69) is 10.6 Å². The molecule has 2 aromatic rings. The third-order valence-electron chi connectivity index (χ3n) is 2.65. The van der Waals surface area contributed by atoms with Crippen LogP contribution in [0.25, 0.3) is 0 Å². The number of anilines is 3. The van der Waals surface area contributed by atoms with Crippen molar-refractivity contribution in [3.63, 3.8) is 0 Å². The molecule has 0 aromatic heterocycles. The molecule has 0 aliphatic heterocycles. The Bertz CT molecular complexity index is 613. The molecule has 2 rings (SSSR count). The molecule has 4 nitrogen and oxygen atoms in total. The summed E-state index contributed by atoms with van der Waals surface area (Å²) < 4.78 is 0. The molecule has 0 fully saturated rings. The van der Waals surface area contributed by atoms with Crippen molar-refractivity contribution in [1.29, 1.82) is 0 Å². The van der Waals surface area contributed by atoms with E-state index in [0.717, 1.165) is 5.56 Å². The molecule has 4 N–H and O–H groups in total. The Morgan fingerprint density at radius 3 is 2.58 bits per heavy atom. The first-order valence-corrected chi connectivity index (χ1v) is 6.13. The summed E-state index contributed by atoms with van der Waals surface area (Å²) in [5, 5.41) is 5.89. The number of nitrogens with one attached hydrogen (secondary N) is 2. The number of halogens is 1. The molecule has 5 heteroatoms. The van der Waals surface area contributed by atoms with Gasteiger partial charge in [0.1, 0.15) is 0 Å². The van der Waals surface area contributed by atoms with Crippen molar-refractivity contribution < 1.29 is 4.79 Å². The fourth-order valence-electron chi connectivity index (χ4n) is 1.60. The molecule has 19 heavy (non-hydrogen) atoms. The lowest BCUT2D eigenvalue weighted by atomic mass is 10.2. The zero-order chi connectivity index (χ0) is 13.8. The highest BCUT2D eigenvalue weighted by molar-refractivity contribution is 6.33. The minimum absolute atomic E-state index is 0.350.